The summed E-state index contributed by atoms with van der Waals surface area (Å²) >= 11 is 5.76. The van der Waals surface area contributed by atoms with E-state index in [0.29, 0.717) is 18.1 Å². The standard InChI is InChI=1S/C11H15ClN2O2S/c12-11-3-1-10(2-4-11)9-17(15,16)14-7-5-13-6-8-14/h1-4,13H,5-9H2. The molecule has 1 N–H and O–H groups in total. The number of hydrogen-bond acceptors (Lipinski definition) is 3. The summed E-state index contributed by atoms with van der Waals surface area (Å²) in [4.78, 5) is 0. The molecule has 0 bridgehead atoms. The van der Waals surface area contributed by atoms with E-state index in [-0.39, 0.29) is 5.75 Å². The molecule has 6 heteroatoms. The van der Waals surface area contributed by atoms with E-state index in [1.165, 1.54) is 4.31 Å². The Bertz CT molecular complexity index is 467. The topological polar surface area (TPSA) is 49.4 Å². The number of piperazine rings is 1. The Balaban J connectivity index is 2.08. The van der Waals surface area contributed by atoms with E-state index in [4.69, 9.17) is 11.6 Å². The highest BCUT2D eigenvalue weighted by atomic mass is 35.5. The zero-order chi connectivity index (χ0) is 12.3. The summed E-state index contributed by atoms with van der Waals surface area (Å²) in [5.41, 5.74) is 0.771. The van der Waals surface area contributed by atoms with Crippen molar-refractivity contribution in [3.63, 3.8) is 0 Å². The second-order valence-electron chi connectivity index (χ2n) is 4.03. The molecule has 94 valence electrons. The van der Waals surface area contributed by atoms with E-state index in [1.54, 1.807) is 24.3 Å². The zero-order valence-corrected chi connectivity index (χ0v) is 11.0. The monoisotopic (exact) mass is 274 g/mol. The van der Waals surface area contributed by atoms with Crippen LogP contribution in [-0.2, 0) is 15.8 Å². The fraction of sp³-hybridized carbons (Fsp3) is 0.455. The average molecular weight is 275 g/mol. The maximum Gasteiger partial charge on any atom is 0.218 e. The molecule has 0 atom stereocenters. The molecule has 1 aromatic carbocycles. The fourth-order valence-corrected chi connectivity index (χ4v) is 3.47. The van der Waals surface area contributed by atoms with E-state index in [2.05, 4.69) is 5.32 Å². The molecule has 0 aromatic heterocycles. The summed E-state index contributed by atoms with van der Waals surface area (Å²) in [5.74, 6) is 0.0458. The van der Waals surface area contributed by atoms with Gasteiger partial charge in [0.25, 0.3) is 0 Å². The molecule has 0 aliphatic carbocycles. The summed E-state index contributed by atoms with van der Waals surface area (Å²) in [6.45, 7) is 2.55. The lowest BCUT2D eigenvalue weighted by molar-refractivity contribution is 0.360. The summed E-state index contributed by atoms with van der Waals surface area (Å²) < 4.78 is 25.7. The van der Waals surface area contributed by atoms with Crippen molar-refractivity contribution in [1.29, 1.82) is 0 Å². The summed E-state index contributed by atoms with van der Waals surface area (Å²) in [7, 11) is -3.20. The molecule has 1 heterocycles. The van der Waals surface area contributed by atoms with Crippen molar-refractivity contribution in [2.45, 2.75) is 5.75 Å². The summed E-state index contributed by atoms with van der Waals surface area (Å²) in [6, 6.07) is 6.93. The van der Waals surface area contributed by atoms with Crippen LogP contribution in [0.3, 0.4) is 0 Å². The predicted octanol–water partition coefficient (Wildman–Crippen LogP) is 1.08. The molecule has 1 saturated heterocycles. The van der Waals surface area contributed by atoms with Crippen molar-refractivity contribution in [2.24, 2.45) is 0 Å². The molecular weight excluding hydrogens is 260 g/mol. The molecule has 2 rings (SSSR count). The highest BCUT2D eigenvalue weighted by Crippen LogP contribution is 2.14. The van der Waals surface area contributed by atoms with Crippen LogP contribution < -0.4 is 5.32 Å². The second kappa shape index (κ2) is 5.35. The number of sulfonamides is 1. The lowest BCUT2D eigenvalue weighted by Crippen LogP contribution is -2.46. The zero-order valence-electron chi connectivity index (χ0n) is 9.39. The van der Waals surface area contributed by atoms with Crippen molar-refractivity contribution < 1.29 is 8.42 Å². The van der Waals surface area contributed by atoms with Gasteiger partial charge in [0.2, 0.25) is 10.0 Å². The Labute approximate surface area is 107 Å². The highest BCUT2D eigenvalue weighted by molar-refractivity contribution is 7.88. The van der Waals surface area contributed by atoms with Gasteiger partial charge in [-0.3, -0.25) is 0 Å². The molecule has 0 amide bonds. The first-order chi connectivity index (χ1) is 8.08. The fourth-order valence-electron chi connectivity index (χ4n) is 1.81. The number of benzene rings is 1. The van der Waals surface area contributed by atoms with Gasteiger partial charge < -0.3 is 5.32 Å². The first kappa shape index (κ1) is 12.8. The Kier molecular flexibility index (Phi) is 4.04. The van der Waals surface area contributed by atoms with Crippen LogP contribution in [0.1, 0.15) is 5.56 Å². The molecule has 0 spiro atoms. The van der Waals surface area contributed by atoms with Gasteiger partial charge in [-0.05, 0) is 17.7 Å². The Morgan fingerprint density at radius 3 is 2.35 bits per heavy atom. The van der Waals surface area contributed by atoms with Gasteiger partial charge in [0.05, 0.1) is 5.75 Å². The molecule has 1 aromatic rings. The van der Waals surface area contributed by atoms with Crippen LogP contribution in [0.15, 0.2) is 24.3 Å². The van der Waals surface area contributed by atoms with Gasteiger partial charge in [-0.15, -0.1) is 0 Å². The van der Waals surface area contributed by atoms with E-state index in [9.17, 15) is 8.42 Å². The quantitative estimate of drug-likeness (QED) is 0.897. The summed E-state index contributed by atoms with van der Waals surface area (Å²) in [5, 5.41) is 3.75. The highest BCUT2D eigenvalue weighted by Gasteiger charge is 2.23. The van der Waals surface area contributed by atoms with Crippen LogP contribution in [0.5, 0.6) is 0 Å². The van der Waals surface area contributed by atoms with Crippen molar-refractivity contribution in [2.75, 3.05) is 26.2 Å². The van der Waals surface area contributed by atoms with Gasteiger partial charge in [0, 0.05) is 31.2 Å². The maximum atomic E-state index is 12.1. The van der Waals surface area contributed by atoms with Crippen LogP contribution in [0.25, 0.3) is 0 Å². The first-order valence-corrected chi connectivity index (χ1v) is 7.50. The minimum Gasteiger partial charge on any atom is -0.314 e. The van der Waals surface area contributed by atoms with Crippen LogP contribution >= 0.6 is 11.6 Å². The van der Waals surface area contributed by atoms with E-state index in [1.807, 2.05) is 0 Å². The van der Waals surface area contributed by atoms with Crippen molar-refractivity contribution in [3.8, 4) is 0 Å². The number of halogens is 1. The molecule has 0 saturated carbocycles. The molecule has 1 aliphatic rings. The Hall–Kier alpha value is -0.620. The van der Waals surface area contributed by atoms with Gasteiger partial charge in [0.1, 0.15) is 0 Å². The minimum absolute atomic E-state index is 0.0458. The van der Waals surface area contributed by atoms with Gasteiger partial charge >= 0.3 is 0 Å². The van der Waals surface area contributed by atoms with Gasteiger partial charge in [-0.1, -0.05) is 23.7 Å². The average Bonchev–Trinajstić information content (AvgIpc) is 2.33. The normalized spacial score (nSPS) is 18.2. The molecule has 1 fully saturated rings. The third-order valence-electron chi connectivity index (χ3n) is 2.73. The van der Waals surface area contributed by atoms with Gasteiger partial charge in [-0.2, -0.15) is 4.31 Å². The number of nitrogens with one attached hydrogen (secondary N) is 1. The molecule has 0 radical (unpaired) electrons. The Morgan fingerprint density at radius 2 is 1.76 bits per heavy atom. The molecule has 4 nitrogen and oxygen atoms in total. The van der Waals surface area contributed by atoms with Gasteiger partial charge in [0.15, 0.2) is 0 Å². The van der Waals surface area contributed by atoms with E-state index >= 15 is 0 Å². The predicted molar refractivity (Wildman–Crippen MR) is 68.5 cm³/mol. The van der Waals surface area contributed by atoms with Gasteiger partial charge in [-0.25, -0.2) is 8.42 Å². The molecular formula is C11H15ClN2O2S. The number of hydrogen-bond donors (Lipinski definition) is 1. The van der Waals surface area contributed by atoms with Crippen LogP contribution in [0.2, 0.25) is 5.02 Å². The second-order valence-corrected chi connectivity index (χ2v) is 6.44. The van der Waals surface area contributed by atoms with Crippen molar-refractivity contribution in [3.05, 3.63) is 34.9 Å². The molecule has 17 heavy (non-hydrogen) atoms. The van der Waals surface area contributed by atoms with Crippen molar-refractivity contribution >= 4 is 21.6 Å². The molecule has 0 unspecified atom stereocenters. The van der Waals surface area contributed by atoms with Crippen LogP contribution in [0.4, 0.5) is 0 Å². The smallest absolute Gasteiger partial charge is 0.218 e. The largest absolute Gasteiger partial charge is 0.314 e. The third-order valence-corrected chi connectivity index (χ3v) is 4.83. The Morgan fingerprint density at radius 1 is 1.18 bits per heavy atom. The van der Waals surface area contributed by atoms with E-state index < -0.39 is 10.0 Å². The van der Waals surface area contributed by atoms with Crippen LogP contribution in [-0.4, -0.2) is 38.9 Å². The SMILES string of the molecule is O=S(=O)(Cc1ccc(Cl)cc1)N1CCNCC1. The molecule has 1 aliphatic heterocycles. The van der Waals surface area contributed by atoms with Crippen molar-refractivity contribution in [1.82, 2.24) is 9.62 Å². The van der Waals surface area contributed by atoms with Crippen LogP contribution in [0, 0.1) is 0 Å². The first-order valence-electron chi connectivity index (χ1n) is 5.51. The number of rotatable bonds is 3. The number of nitrogens with zero attached hydrogens (tertiary/aromatic N) is 1. The lowest BCUT2D eigenvalue weighted by Gasteiger charge is -2.26. The third kappa shape index (κ3) is 3.42. The summed E-state index contributed by atoms with van der Waals surface area (Å²) in [6.07, 6.45) is 0. The van der Waals surface area contributed by atoms with E-state index in [0.717, 1.165) is 18.7 Å². The maximum absolute atomic E-state index is 12.1. The minimum atomic E-state index is -3.20. The lowest BCUT2D eigenvalue weighted by atomic mass is 10.2.